The summed E-state index contributed by atoms with van der Waals surface area (Å²) in [4.78, 5) is 5.67. The molecule has 0 bridgehead atoms. The number of hydrogen-bond acceptors (Lipinski definition) is 8. The minimum atomic E-state index is -4.67. The minimum Gasteiger partial charge on any atom is -0.491 e. The van der Waals surface area contributed by atoms with Gasteiger partial charge in [0.25, 0.3) is 0 Å². The summed E-state index contributed by atoms with van der Waals surface area (Å²) in [6, 6.07) is 0. The van der Waals surface area contributed by atoms with Gasteiger partial charge < -0.3 is 24.6 Å². The molecule has 16 heteroatoms. The van der Waals surface area contributed by atoms with Crippen molar-refractivity contribution in [3.63, 3.8) is 0 Å². The second-order valence-electron chi connectivity index (χ2n) is 6.93. The third-order valence-electron chi connectivity index (χ3n) is 4.15. The van der Waals surface area contributed by atoms with Crippen molar-refractivity contribution in [2.24, 2.45) is 0 Å². The smallest absolute Gasteiger partial charge is 0.394 e. The van der Waals surface area contributed by atoms with Crippen LogP contribution in [0.5, 0.6) is 0 Å². The molecule has 198 valence electrons. The van der Waals surface area contributed by atoms with Crippen molar-refractivity contribution in [3.05, 3.63) is 29.1 Å². The van der Waals surface area contributed by atoms with E-state index in [9.17, 15) is 5.53 Å². The van der Waals surface area contributed by atoms with E-state index in [1.54, 1.807) is 6.08 Å². The van der Waals surface area contributed by atoms with Crippen molar-refractivity contribution in [3.8, 4) is 0 Å². The van der Waals surface area contributed by atoms with E-state index in [2.05, 4.69) is 23.5 Å². The predicted molar refractivity (Wildman–Crippen MR) is 121 cm³/mol. The Bertz CT molecular complexity index is 875. The molecule has 1 fully saturated rings. The number of rotatable bonds is 9. The number of ether oxygens (including phenoxy) is 3. The van der Waals surface area contributed by atoms with Crippen molar-refractivity contribution >= 4 is 26.5 Å². The van der Waals surface area contributed by atoms with E-state index < -0.39 is 20.8 Å². The average molecular weight is 532 g/mol. The summed E-state index contributed by atoms with van der Waals surface area (Å²) in [5.41, 5.74) is 10.9. The Kier molecular flexibility index (Phi) is 15.8. The summed E-state index contributed by atoms with van der Waals surface area (Å²) in [7, 11) is -9.33. The van der Waals surface area contributed by atoms with Crippen LogP contribution in [0.2, 0.25) is 0 Å². The van der Waals surface area contributed by atoms with Gasteiger partial charge in [-0.3, -0.25) is 18.2 Å². The normalized spacial score (nSPS) is 18.4. The Morgan fingerprint density at radius 2 is 1.53 bits per heavy atom. The van der Waals surface area contributed by atoms with Crippen LogP contribution >= 0.6 is 0 Å². The van der Waals surface area contributed by atoms with E-state index in [4.69, 9.17) is 49.3 Å². The van der Waals surface area contributed by atoms with E-state index >= 15 is 0 Å². The van der Waals surface area contributed by atoms with Crippen molar-refractivity contribution in [2.75, 3.05) is 39.5 Å². The van der Waals surface area contributed by atoms with Crippen LogP contribution in [0.3, 0.4) is 0 Å². The van der Waals surface area contributed by atoms with Crippen molar-refractivity contribution in [2.45, 2.75) is 45.6 Å². The number of nitrogens with zero attached hydrogens (tertiary/aromatic N) is 3. The predicted octanol–water partition coefficient (Wildman–Crippen LogP) is 1.47. The van der Waals surface area contributed by atoms with E-state index in [0.717, 1.165) is 50.2 Å². The molecule has 0 aromatic heterocycles. The lowest BCUT2D eigenvalue weighted by molar-refractivity contribution is -0.0241. The standard InChI is InChI=1S/C18H29N3O3.2H2O4S/c1-3-5-9-23-17-14-16(21-7-11-22-12-8-21)18(13-15(17)20-19)24-10-6-4-2;2*1-5(2,3)4/h13-14,17H,3-12H2,1-2H3;2*(H2,1,2,3,4). The van der Waals surface area contributed by atoms with Crippen LogP contribution in [-0.2, 0) is 35.0 Å². The van der Waals surface area contributed by atoms with Gasteiger partial charge in [0, 0.05) is 19.7 Å². The van der Waals surface area contributed by atoms with Crippen LogP contribution in [0.4, 0.5) is 0 Å². The molecule has 1 aliphatic heterocycles. The zero-order chi connectivity index (χ0) is 26.2. The van der Waals surface area contributed by atoms with Crippen molar-refractivity contribution in [1.82, 2.24) is 4.90 Å². The zero-order valence-electron chi connectivity index (χ0n) is 19.1. The van der Waals surface area contributed by atoms with Crippen LogP contribution in [-0.4, -0.2) is 96.1 Å². The van der Waals surface area contributed by atoms with Crippen molar-refractivity contribution in [1.29, 1.82) is 0 Å². The molecule has 1 atom stereocenters. The fourth-order valence-electron chi connectivity index (χ4n) is 2.68. The van der Waals surface area contributed by atoms with E-state index in [1.165, 1.54) is 0 Å². The Balaban J connectivity index is 0.000000916. The lowest BCUT2D eigenvalue weighted by Crippen LogP contribution is -2.39. The largest absolute Gasteiger partial charge is 0.491 e. The summed E-state index contributed by atoms with van der Waals surface area (Å²) < 4.78 is 80.5. The molecule has 0 aromatic rings. The SMILES string of the molecule is CCCCOC1=CC(=[N+]=[N-])C(OCCCC)C=C1N1CCOCC1.O=S(=O)(O)O.O=S(=O)(O)O. The average Bonchev–Trinajstić information content (AvgIpc) is 2.72. The monoisotopic (exact) mass is 531 g/mol. The van der Waals surface area contributed by atoms with E-state index in [-0.39, 0.29) is 6.10 Å². The summed E-state index contributed by atoms with van der Waals surface area (Å²) in [6.07, 6.45) is 7.61. The minimum absolute atomic E-state index is 0.335. The van der Waals surface area contributed by atoms with Gasteiger partial charge >= 0.3 is 26.5 Å². The van der Waals surface area contributed by atoms with Gasteiger partial charge in [0.1, 0.15) is 5.76 Å². The van der Waals surface area contributed by atoms with Gasteiger partial charge in [-0.15, -0.1) is 0 Å². The molecule has 34 heavy (non-hydrogen) atoms. The Hall–Kier alpha value is -1.88. The highest BCUT2D eigenvalue weighted by atomic mass is 32.3. The Morgan fingerprint density at radius 1 is 1.03 bits per heavy atom. The highest BCUT2D eigenvalue weighted by Crippen LogP contribution is 2.25. The molecule has 0 radical (unpaired) electrons. The molecule has 2 rings (SSSR count). The third kappa shape index (κ3) is 17.6. The molecular weight excluding hydrogens is 498 g/mol. The number of hydrogen-bond donors (Lipinski definition) is 4. The van der Waals surface area contributed by atoms with Gasteiger partial charge in [-0.25, -0.2) is 0 Å². The molecule has 0 spiro atoms. The zero-order valence-corrected chi connectivity index (χ0v) is 20.7. The molecule has 1 saturated heterocycles. The maximum atomic E-state index is 9.35. The summed E-state index contributed by atoms with van der Waals surface area (Å²) in [5.74, 6) is 0.758. The van der Waals surface area contributed by atoms with Crippen LogP contribution in [0.25, 0.3) is 5.53 Å². The first-order valence-corrected chi connectivity index (χ1v) is 13.2. The third-order valence-corrected chi connectivity index (χ3v) is 4.15. The van der Waals surface area contributed by atoms with Crippen LogP contribution < -0.4 is 0 Å². The first-order valence-electron chi connectivity index (χ1n) is 10.4. The van der Waals surface area contributed by atoms with Gasteiger partial charge in [-0.05, 0) is 18.9 Å². The Morgan fingerprint density at radius 3 is 2.00 bits per heavy atom. The fourth-order valence-corrected chi connectivity index (χ4v) is 2.68. The first kappa shape index (κ1) is 32.1. The lowest BCUT2D eigenvalue weighted by Gasteiger charge is -2.33. The quantitative estimate of drug-likeness (QED) is 0.144. The highest BCUT2D eigenvalue weighted by molar-refractivity contribution is 7.80. The molecule has 1 aliphatic carbocycles. The number of unbranched alkanes of at least 4 members (excludes halogenated alkanes) is 2. The van der Waals surface area contributed by atoms with Crippen LogP contribution in [0.1, 0.15) is 39.5 Å². The molecule has 14 nitrogen and oxygen atoms in total. The summed E-state index contributed by atoms with van der Waals surface area (Å²) in [5, 5.41) is 0. The maximum absolute atomic E-state index is 9.35. The summed E-state index contributed by atoms with van der Waals surface area (Å²) >= 11 is 0. The van der Waals surface area contributed by atoms with E-state index in [1.807, 2.05) is 6.08 Å². The molecular formula is C18H33N3O11S2. The van der Waals surface area contributed by atoms with Gasteiger partial charge in [-0.1, -0.05) is 26.7 Å². The molecule has 0 saturated carbocycles. The van der Waals surface area contributed by atoms with Crippen LogP contribution in [0.15, 0.2) is 23.6 Å². The van der Waals surface area contributed by atoms with Crippen LogP contribution in [0, 0.1) is 0 Å². The maximum Gasteiger partial charge on any atom is 0.394 e. The summed E-state index contributed by atoms with van der Waals surface area (Å²) in [6.45, 7) is 8.64. The fraction of sp³-hybridized carbons (Fsp3) is 0.722. The molecule has 2 aliphatic rings. The number of morpholine rings is 1. The second kappa shape index (κ2) is 16.7. The van der Waals surface area contributed by atoms with Gasteiger partial charge in [0.2, 0.25) is 0 Å². The van der Waals surface area contributed by atoms with Gasteiger partial charge in [-0.2, -0.15) is 21.6 Å². The van der Waals surface area contributed by atoms with Gasteiger partial charge in [0.15, 0.2) is 6.10 Å². The topological polar surface area (TPSA) is 217 Å². The Labute approximate surface area is 200 Å². The first-order chi connectivity index (χ1) is 15.8. The molecule has 1 heterocycles. The van der Waals surface area contributed by atoms with Gasteiger partial charge in [0.05, 0.1) is 31.6 Å². The lowest BCUT2D eigenvalue weighted by atomic mass is 10.0. The molecule has 4 N–H and O–H groups in total. The van der Waals surface area contributed by atoms with E-state index in [0.29, 0.717) is 32.1 Å². The highest BCUT2D eigenvalue weighted by Gasteiger charge is 2.31. The molecule has 0 aromatic carbocycles. The second-order valence-corrected chi connectivity index (χ2v) is 8.72. The molecule has 1 unspecified atom stereocenters. The molecule has 0 amide bonds. The van der Waals surface area contributed by atoms with Crippen molar-refractivity contribution < 1.29 is 54.0 Å².